The third-order valence-electron chi connectivity index (χ3n) is 2.71. The molecule has 0 saturated heterocycles. The normalized spacial score (nSPS) is 12.6. The number of sulfonamides is 1. The molecular weight excluding hydrogens is 262 g/mol. The van der Waals surface area contributed by atoms with Crippen LogP contribution in [0.2, 0.25) is 0 Å². The molecule has 1 rings (SSSR count). The van der Waals surface area contributed by atoms with E-state index in [9.17, 15) is 13.2 Å². The van der Waals surface area contributed by atoms with Gasteiger partial charge in [-0.15, -0.1) is 11.3 Å². The van der Waals surface area contributed by atoms with E-state index in [4.69, 9.17) is 5.11 Å². The van der Waals surface area contributed by atoms with Crippen molar-refractivity contribution in [1.82, 2.24) is 4.72 Å². The molecule has 1 heterocycles. The van der Waals surface area contributed by atoms with Crippen LogP contribution in [0.25, 0.3) is 0 Å². The molecule has 0 saturated carbocycles. The summed E-state index contributed by atoms with van der Waals surface area (Å²) in [4.78, 5) is 11.2. The van der Waals surface area contributed by atoms with E-state index < -0.39 is 21.5 Å². The lowest BCUT2D eigenvalue weighted by Gasteiger charge is -2.27. The van der Waals surface area contributed by atoms with Gasteiger partial charge in [0.25, 0.3) is 10.0 Å². The van der Waals surface area contributed by atoms with Crippen molar-refractivity contribution in [3.05, 3.63) is 17.5 Å². The standard InChI is InChI=1S/C10H15NO4S2/c1-3-10(4-2,9(12)13)11-17(14,15)8-6-5-7-16-8/h5-7,11H,3-4H2,1-2H3,(H,12,13). The Morgan fingerprint density at radius 1 is 1.47 bits per heavy atom. The number of carboxylic acid groups (broad SMARTS) is 1. The Kier molecular flexibility index (Phi) is 4.29. The van der Waals surface area contributed by atoms with Crippen LogP contribution in [0.1, 0.15) is 26.7 Å². The molecule has 0 spiro atoms. The fraction of sp³-hybridized carbons (Fsp3) is 0.500. The number of thiophene rings is 1. The predicted molar refractivity (Wildman–Crippen MR) is 65.6 cm³/mol. The van der Waals surface area contributed by atoms with Crippen molar-refractivity contribution in [2.45, 2.75) is 36.4 Å². The number of hydrogen-bond donors (Lipinski definition) is 2. The highest BCUT2D eigenvalue weighted by atomic mass is 32.2. The Labute approximate surface area is 105 Å². The van der Waals surface area contributed by atoms with Gasteiger partial charge in [0.05, 0.1) is 0 Å². The van der Waals surface area contributed by atoms with E-state index in [-0.39, 0.29) is 17.1 Å². The fourth-order valence-corrected chi connectivity index (χ4v) is 3.96. The number of nitrogens with one attached hydrogen (secondary N) is 1. The highest BCUT2D eigenvalue weighted by Gasteiger charge is 2.39. The van der Waals surface area contributed by atoms with Crippen molar-refractivity contribution >= 4 is 27.3 Å². The number of carboxylic acids is 1. The van der Waals surface area contributed by atoms with Crippen molar-refractivity contribution in [1.29, 1.82) is 0 Å². The Bertz CT molecular complexity index is 474. The van der Waals surface area contributed by atoms with Crippen LogP contribution in [0.5, 0.6) is 0 Å². The maximum atomic E-state index is 12.0. The van der Waals surface area contributed by atoms with Crippen molar-refractivity contribution < 1.29 is 18.3 Å². The van der Waals surface area contributed by atoms with Gasteiger partial charge in [0, 0.05) is 0 Å². The molecule has 5 nitrogen and oxygen atoms in total. The number of carbonyl (C=O) groups is 1. The average molecular weight is 277 g/mol. The Morgan fingerprint density at radius 3 is 2.41 bits per heavy atom. The monoisotopic (exact) mass is 277 g/mol. The lowest BCUT2D eigenvalue weighted by Crippen LogP contribution is -2.53. The lowest BCUT2D eigenvalue weighted by molar-refractivity contribution is -0.144. The molecule has 0 fully saturated rings. The molecule has 0 radical (unpaired) electrons. The van der Waals surface area contributed by atoms with Gasteiger partial charge in [-0.25, -0.2) is 8.42 Å². The molecule has 0 bridgehead atoms. The fourth-order valence-electron chi connectivity index (χ4n) is 1.46. The molecule has 0 unspecified atom stereocenters. The maximum absolute atomic E-state index is 12.0. The molecule has 7 heteroatoms. The van der Waals surface area contributed by atoms with Crippen LogP contribution in [0.3, 0.4) is 0 Å². The quantitative estimate of drug-likeness (QED) is 0.828. The van der Waals surface area contributed by atoms with E-state index in [0.29, 0.717) is 0 Å². The summed E-state index contributed by atoms with van der Waals surface area (Å²) in [5, 5.41) is 10.8. The van der Waals surface area contributed by atoms with Crippen LogP contribution >= 0.6 is 11.3 Å². The van der Waals surface area contributed by atoms with Crippen molar-refractivity contribution in [3.8, 4) is 0 Å². The summed E-state index contributed by atoms with van der Waals surface area (Å²) < 4.78 is 26.4. The number of rotatable bonds is 6. The summed E-state index contributed by atoms with van der Waals surface area (Å²) in [6.45, 7) is 3.29. The van der Waals surface area contributed by atoms with E-state index in [1.54, 1.807) is 25.3 Å². The summed E-state index contributed by atoms with van der Waals surface area (Å²) in [5.74, 6) is -1.15. The molecule has 0 atom stereocenters. The minimum Gasteiger partial charge on any atom is -0.480 e. The van der Waals surface area contributed by atoms with Crippen LogP contribution in [-0.4, -0.2) is 25.0 Å². The molecule has 2 N–H and O–H groups in total. The van der Waals surface area contributed by atoms with E-state index in [1.165, 1.54) is 6.07 Å². The molecule has 17 heavy (non-hydrogen) atoms. The zero-order valence-corrected chi connectivity index (χ0v) is 11.3. The average Bonchev–Trinajstić information content (AvgIpc) is 2.79. The minimum absolute atomic E-state index is 0.130. The highest BCUT2D eigenvalue weighted by molar-refractivity contribution is 7.91. The number of aliphatic carboxylic acids is 1. The van der Waals surface area contributed by atoms with Crippen molar-refractivity contribution in [2.75, 3.05) is 0 Å². The van der Waals surface area contributed by atoms with Gasteiger partial charge in [-0.3, -0.25) is 4.79 Å². The van der Waals surface area contributed by atoms with Crippen molar-refractivity contribution in [2.24, 2.45) is 0 Å². The zero-order chi connectivity index (χ0) is 13.1. The van der Waals surface area contributed by atoms with Gasteiger partial charge < -0.3 is 5.11 Å². The van der Waals surface area contributed by atoms with Gasteiger partial charge >= 0.3 is 5.97 Å². The Balaban J connectivity index is 3.08. The zero-order valence-electron chi connectivity index (χ0n) is 9.63. The van der Waals surface area contributed by atoms with Crippen molar-refractivity contribution in [3.63, 3.8) is 0 Å². The van der Waals surface area contributed by atoms with E-state index >= 15 is 0 Å². The van der Waals surface area contributed by atoms with Crippen LogP contribution < -0.4 is 4.72 Å². The minimum atomic E-state index is -3.76. The van der Waals surface area contributed by atoms with E-state index in [0.717, 1.165) is 11.3 Å². The van der Waals surface area contributed by atoms with Gasteiger partial charge in [-0.2, -0.15) is 4.72 Å². The maximum Gasteiger partial charge on any atom is 0.324 e. The Morgan fingerprint density at radius 2 is 2.06 bits per heavy atom. The van der Waals surface area contributed by atoms with Gasteiger partial charge in [0.1, 0.15) is 9.75 Å². The van der Waals surface area contributed by atoms with Gasteiger partial charge in [-0.1, -0.05) is 19.9 Å². The topological polar surface area (TPSA) is 83.5 Å². The molecule has 0 aliphatic rings. The molecule has 96 valence electrons. The second-order valence-electron chi connectivity index (χ2n) is 3.63. The Hall–Kier alpha value is -0.920. The first-order valence-electron chi connectivity index (χ1n) is 5.19. The molecule has 1 aromatic rings. The van der Waals surface area contributed by atoms with E-state index in [2.05, 4.69) is 4.72 Å². The third-order valence-corrected chi connectivity index (χ3v) is 5.64. The van der Waals surface area contributed by atoms with Gasteiger partial charge in [0.15, 0.2) is 0 Å². The molecule has 0 amide bonds. The van der Waals surface area contributed by atoms with Crippen LogP contribution in [0.4, 0.5) is 0 Å². The second kappa shape index (κ2) is 5.16. The third kappa shape index (κ3) is 2.85. The summed E-state index contributed by atoms with van der Waals surface area (Å²) in [5.41, 5.74) is -1.43. The summed E-state index contributed by atoms with van der Waals surface area (Å²) in [7, 11) is -3.76. The molecule has 1 aromatic heterocycles. The van der Waals surface area contributed by atoms with E-state index in [1.807, 2.05) is 0 Å². The molecule has 0 aliphatic carbocycles. The second-order valence-corrected chi connectivity index (χ2v) is 6.49. The lowest BCUT2D eigenvalue weighted by atomic mass is 9.95. The van der Waals surface area contributed by atoms with Gasteiger partial charge in [0.2, 0.25) is 0 Å². The molecular formula is C10H15NO4S2. The van der Waals surface area contributed by atoms with Crippen LogP contribution in [0.15, 0.2) is 21.7 Å². The SMILES string of the molecule is CCC(CC)(NS(=O)(=O)c1cccs1)C(=O)O. The first-order valence-corrected chi connectivity index (χ1v) is 7.55. The highest BCUT2D eigenvalue weighted by Crippen LogP contribution is 2.22. The molecule has 0 aromatic carbocycles. The summed E-state index contributed by atoms with van der Waals surface area (Å²) in [6, 6.07) is 3.06. The molecule has 0 aliphatic heterocycles. The largest absolute Gasteiger partial charge is 0.480 e. The van der Waals surface area contributed by atoms with Gasteiger partial charge in [-0.05, 0) is 24.3 Å². The number of hydrogen-bond acceptors (Lipinski definition) is 4. The first-order chi connectivity index (χ1) is 7.88. The summed E-state index contributed by atoms with van der Waals surface area (Å²) in [6.07, 6.45) is 0.396. The summed E-state index contributed by atoms with van der Waals surface area (Å²) >= 11 is 1.06. The predicted octanol–water partition coefficient (Wildman–Crippen LogP) is 1.67. The van der Waals surface area contributed by atoms with Crippen LogP contribution in [0, 0.1) is 0 Å². The smallest absolute Gasteiger partial charge is 0.324 e. The van der Waals surface area contributed by atoms with Crippen LogP contribution in [-0.2, 0) is 14.8 Å². The first kappa shape index (κ1) is 14.1.